The topological polar surface area (TPSA) is 68.0 Å². The number of carbonyl (C=O) groups excluding carboxylic acids is 1. The quantitative estimate of drug-likeness (QED) is 0.781. The molecule has 0 radical (unpaired) electrons. The van der Waals surface area contributed by atoms with Crippen LogP contribution in [0.1, 0.15) is 27.5 Å². The smallest absolute Gasteiger partial charge is 0.257 e. The number of hydrogen-bond donors (Lipinski definition) is 1. The molecule has 0 aliphatic rings. The summed E-state index contributed by atoms with van der Waals surface area (Å²) < 4.78 is 5.41. The van der Waals surface area contributed by atoms with Crippen LogP contribution in [-0.4, -0.2) is 15.9 Å². The zero-order valence-electron chi connectivity index (χ0n) is 12.1. The fraction of sp³-hybridized carbons (Fsp3) is 0.188. The van der Waals surface area contributed by atoms with Gasteiger partial charge in [-0.05, 0) is 43.7 Å². The minimum absolute atomic E-state index is 0.181. The molecule has 0 bridgehead atoms. The number of anilines is 1. The summed E-state index contributed by atoms with van der Waals surface area (Å²) in [5, 5.41) is 2.86. The zero-order valence-corrected chi connectivity index (χ0v) is 12.1. The van der Waals surface area contributed by atoms with Gasteiger partial charge >= 0.3 is 0 Å². The number of amides is 1. The molecule has 0 spiro atoms. The van der Waals surface area contributed by atoms with Crippen molar-refractivity contribution >= 4 is 22.7 Å². The molecule has 0 atom stereocenters. The molecule has 5 nitrogen and oxygen atoms in total. The highest BCUT2D eigenvalue weighted by Gasteiger charge is 2.11. The molecule has 1 amide bonds. The van der Waals surface area contributed by atoms with Crippen LogP contribution in [0.4, 0.5) is 5.69 Å². The van der Waals surface area contributed by atoms with E-state index in [1.54, 1.807) is 31.3 Å². The average Bonchev–Trinajstić information content (AvgIpc) is 2.77. The molecule has 3 rings (SSSR count). The Labute approximate surface area is 122 Å². The molecular formula is C16H15N3O2. The van der Waals surface area contributed by atoms with E-state index in [1.165, 1.54) is 0 Å². The van der Waals surface area contributed by atoms with Crippen molar-refractivity contribution in [2.45, 2.75) is 20.8 Å². The van der Waals surface area contributed by atoms with Crippen LogP contribution in [0.3, 0.4) is 0 Å². The van der Waals surface area contributed by atoms with Crippen molar-refractivity contribution in [1.29, 1.82) is 0 Å². The number of oxazole rings is 1. The summed E-state index contributed by atoms with van der Waals surface area (Å²) in [5.74, 6) is 0.423. The number of aryl methyl sites for hydroxylation is 3. The van der Waals surface area contributed by atoms with Crippen molar-refractivity contribution in [3.63, 3.8) is 0 Å². The Bertz CT molecular complexity index is 837. The molecule has 5 heteroatoms. The molecule has 3 aromatic rings. The molecule has 2 heterocycles. The number of aromatic nitrogens is 2. The van der Waals surface area contributed by atoms with E-state index in [0.717, 1.165) is 16.8 Å². The lowest BCUT2D eigenvalue weighted by molar-refractivity contribution is 0.102. The van der Waals surface area contributed by atoms with E-state index in [0.29, 0.717) is 22.7 Å². The van der Waals surface area contributed by atoms with Crippen LogP contribution in [-0.2, 0) is 0 Å². The van der Waals surface area contributed by atoms with E-state index >= 15 is 0 Å². The summed E-state index contributed by atoms with van der Waals surface area (Å²) in [6, 6.07) is 7.27. The predicted octanol–water partition coefficient (Wildman–Crippen LogP) is 3.40. The van der Waals surface area contributed by atoms with Gasteiger partial charge in [0.2, 0.25) is 0 Å². The van der Waals surface area contributed by atoms with Gasteiger partial charge in [-0.25, -0.2) is 4.98 Å². The van der Waals surface area contributed by atoms with Gasteiger partial charge in [0, 0.05) is 24.5 Å². The van der Waals surface area contributed by atoms with Crippen LogP contribution < -0.4 is 5.32 Å². The van der Waals surface area contributed by atoms with Gasteiger partial charge in [-0.3, -0.25) is 9.78 Å². The number of rotatable bonds is 2. The van der Waals surface area contributed by atoms with Crippen molar-refractivity contribution in [1.82, 2.24) is 9.97 Å². The first kappa shape index (κ1) is 13.3. The number of pyridine rings is 1. The fourth-order valence-corrected chi connectivity index (χ4v) is 2.25. The summed E-state index contributed by atoms with van der Waals surface area (Å²) >= 11 is 0. The number of hydrogen-bond acceptors (Lipinski definition) is 4. The van der Waals surface area contributed by atoms with E-state index < -0.39 is 0 Å². The Kier molecular flexibility index (Phi) is 3.17. The number of fused-ring (bicyclic) bond motifs is 1. The van der Waals surface area contributed by atoms with Crippen LogP contribution in [0.5, 0.6) is 0 Å². The summed E-state index contributed by atoms with van der Waals surface area (Å²) in [6.07, 6.45) is 1.60. The zero-order chi connectivity index (χ0) is 15.0. The van der Waals surface area contributed by atoms with Crippen molar-refractivity contribution in [2.75, 3.05) is 5.32 Å². The molecule has 0 aliphatic heterocycles. The second-order valence-corrected chi connectivity index (χ2v) is 5.01. The number of nitrogens with zero attached hydrogens (tertiary/aromatic N) is 2. The lowest BCUT2D eigenvalue weighted by Gasteiger charge is -2.07. The molecular weight excluding hydrogens is 266 g/mol. The first-order valence-corrected chi connectivity index (χ1v) is 6.65. The highest BCUT2D eigenvalue weighted by atomic mass is 16.3. The lowest BCUT2D eigenvalue weighted by Crippen LogP contribution is -2.14. The second kappa shape index (κ2) is 5.01. The maximum absolute atomic E-state index is 12.3. The summed E-state index contributed by atoms with van der Waals surface area (Å²) in [5.41, 5.74) is 4.47. The number of carbonyl (C=O) groups is 1. The van der Waals surface area contributed by atoms with Crippen LogP contribution in [0.25, 0.3) is 11.1 Å². The second-order valence-electron chi connectivity index (χ2n) is 5.01. The van der Waals surface area contributed by atoms with Gasteiger partial charge in [-0.2, -0.15) is 0 Å². The highest BCUT2D eigenvalue weighted by Crippen LogP contribution is 2.20. The monoisotopic (exact) mass is 281 g/mol. The predicted molar refractivity (Wildman–Crippen MR) is 80.4 cm³/mol. The standard InChI is InChI=1S/C16H15N3O2/c1-9-6-10(2)17-8-13(9)16(20)19-12-4-5-15-14(7-12)18-11(3)21-15/h4-8H,1-3H3,(H,19,20). The van der Waals surface area contributed by atoms with Gasteiger partial charge in [0.1, 0.15) is 5.52 Å². The molecule has 0 aliphatic carbocycles. The van der Waals surface area contributed by atoms with E-state index in [4.69, 9.17) is 4.42 Å². The Balaban J connectivity index is 1.88. The van der Waals surface area contributed by atoms with Gasteiger partial charge in [-0.1, -0.05) is 0 Å². The van der Waals surface area contributed by atoms with Gasteiger partial charge in [-0.15, -0.1) is 0 Å². The summed E-state index contributed by atoms with van der Waals surface area (Å²) in [6.45, 7) is 5.59. The molecule has 0 saturated heterocycles. The minimum atomic E-state index is -0.181. The fourth-order valence-electron chi connectivity index (χ4n) is 2.25. The Morgan fingerprint density at radius 3 is 2.76 bits per heavy atom. The molecule has 1 aromatic carbocycles. The third kappa shape index (κ3) is 2.63. The van der Waals surface area contributed by atoms with Gasteiger partial charge < -0.3 is 9.73 Å². The van der Waals surface area contributed by atoms with Gasteiger partial charge in [0.15, 0.2) is 11.5 Å². The molecule has 1 N–H and O–H groups in total. The maximum atomic E-state index is 12.3. The van der Waals surface area contributed by atoms with Gasteiger partial charge in [0.25, 0.3) is 5.91 Å². The third-order valence-corrected chi connectivity index (χ3v) is 3.24. The van der Waals surface area contributed by atoms with Crippen LogP contribution in [0, 0.1) is 20.8 Å². The summed E-state index contributed by atoms with van der Waals surface area (Å²) in [7, 11) is 0. The van der Waals surface area contributed by atoms with Gasteiger partial charge in [0.05, 0.1) is 5.56 Å². The maximum Gasteiger partial charge on any atom is 0.257 e. The van der Waals surface area contributed by atoms with Crippen molar-refractivity contribution in [3.8, 4) is 0 Å². The Hall–Kier alpha value is -2.69. The highest BCUT2D eigenvalue weighted by molar-refractivity contribution is 6.05. The SMILES string of the molecule is Cc1cc(C)c(C(=O)Nc2ccc3oc(C)nc3c2)cn1. The van der Waals surface area contributed by atoms with Crippen LogP contribution in [0.15, 0.2) is 34.9 Å². The normalized spacial score (nSPS) is 10.8. The van der Waals surface area contributed by atoms with Crippen molar-refractivity contribution in [3.05, 3.63) is 53.2 Å². The van der Waals surface area contributed by atoms with E-state index in [9.17, 15) is 4.79 Å². The van der Waals surface area contributed by atoms with Crippen LogP contribution >= 0.6 is 0 Å². The molecule has 0 saturated carbocycles. The Morgan fingerprint density at radius 1 is 1.19 bits per heavy atom. The molecule has 0 fully saturated rings. The van der Waals surface area contributed by atoms with E-state index in [1.807, 2.05) is 19.9 Å². The molecule has 0 unspecified atom stereocenters. The van der Waals surface area contributed by atoms with Crippen molar-refractivity contribution < 1.29 is 9.21 Å². The molecule has 21 heavy (non-hydrogen) atoms. The van der Waals surface area contributed by atoms with Crippen LogP contribution in [0.2, 0.25) is 0 Å². The first-order valence-electron chi connectivity index (χ1n) is 6.65. The minimum Gasteiger partial charge on any atom is -0.441 e. The Morgan fingerprint density at radius 2 is 2.00 bits per heavy atom. The largest absolute Gasteiger partial charge is 0.441 e. The van der Waals surface area contributed by atoms with E-state index in [-0.39, 0.29) is 5.91 Å². The summed E-state index contributed by atoms with van der Waals surface area (Å²) in [4.78, 5) is 20.7. The molecule has 2 aromatic heterocycles. The molecule has 106 valence electrons. The average molecular weight is 281 g/mol. The lowest BCUT2D eigenvalue weighted by atomic mass is 10.1. The third-order valence-electron chi connectivity index (χ3n) is 3.24. The van der Waals surface area contributed by atoms with Crippen molar-refractivity contribution in [2.24, 2.45) is 0 Å². The number of nitrogens with one attached hydrogen (secondary N) is 1. The first-order chi connectivity index (χ1) is 10.0. The number of benzene rings is 1. The van der Waals surface area contributed by atoms with E-state index in [2.05, 4.69) is 15.3 Å².